The highest BCUT2D eigenvalue weighted by atomic mass is 19.4. The van der Waals surface area contributed by atoms with E-state index in [0.717, 1.165) is 57.3 Å². The predicted octanol–water partition coefficient (Wildman–Crippen LogP) is 4.49. The van der Waals surface area contributed by atoms with Crippen molar-refractivity contribution in [2.45, 2.75) is 32.5 Å². The highest BCUT2D eigenvalue weighted by Crippen LogP contribution is 2.33. The number of aromatic amines is 1. The number of carbonyl (C=O) groups is 1. The number of hydrogen-bond acceptors (Lipinski definition) is 11. The molecule has 1 aliphatic heterocycles. The Morgan fingerprint density at radius 3 is 2.70 bits per heavy atom. The second-order valence-corrected chi connectivity index (χ2v) is 10.7. The van der Waals surface area contributed by atoms with Gasteiger partial charge >= 0.3 is 6.18 Å². The summed E-state index contributed by atoms with van der Waals surface area (Å²) in [6.45, 7) is 5.41. The molecule has 0 saturated carbocycles. The number of alkyl halides is 3. The van der Waals surface area contributed by atoms with Gasteiger partial charge in [-0.1, -0.05) is 12.1 Å². The molecule has 0 amide bonds. The maximum atomic E-state index is 12.6. The van der Waals surface area contributed by atoms with E-state index in [1.54, 1.807) is 0 Å². The minimum Gasteiger partial charge on any atom is -0.473 e. The van der Waals surface area contributed by atoms with Crippen LogP contribution < -0.4 is 21.1 Å². The molecule has 1 saturated heterocycles. The number of aldehydes is 1. The molecule has 13 nitrogen and oxygen atoms in total. The van der Waals surface area contributed by atoms with Crippen LogP contribution in [-0.4, -0.2) is 78.7 Å². The average Bonchev–Trinajstić information content (AvgIpc) is 3.72. The molecule has 46 heavy (non-hydrogen) atoms. The monoisotopic (exact) mass is 637 g/mol. The first-order chi connectivity index (χ1) is 21.9. The van der Waals surface area contributed by atoms with E-state index in [9.17, 15) is 18.0 Å². The van der Waals surface area contributed by atoms with Crippen LogP contribution in [-0.2, 0) is 18.0 Å². The number of halogens is 3. The van der Waals surface area contributed by atoms with Gasteiger partial charge in [-0.25, -0.2) is 15.0 Å². The van der Waals surface area contributed by atoms with E-state index in [4.69, 9.17) is 15.5 Å². The summed E-state index contributed by atoms with van der Waals surface area (Å²) in [4.78, 5) is 31.5. The van der Waals surface area contributed by atoms with Gasteiger partial charge in [-0.15, -0.1) is 0 Å². The van der Waals surface area contributed by atoms with Crippen LogP contribution in [0.15, 0.2) is 42.7 Å². The highest BCUT2D eigenvalue weighted by Gasteiger charge is 2.34. The van der Waals surface area contributed by atoms with Crippen LogP contribution in [0.25, 0.3) is 22.2 Å². The number of nitrogens with one attached hydrogen (secondary N) is 3. The third-order valence-corrected chi connectivity index (χ3v) is 7.42. The lowest BCUT2D eigenvalue weighted by Gasteiger charge is -2.15. The molecule has 5 heterocycles. The van der Waals surface area contributed by atoms with E-state index in [2.05, 4.69) is 41.7 Å². The van der Waals surface area contributed by atoms with Gasteiger partial charge in [-0.05, 0) is 31.9 Å². The second kappa shape index (κ2) is 13.4. The number of H-pyrrole nitrogens is 1. The topological polar surface area (TPSA) is 165 Å². The zero-order valence-electron chi connectivity index (χ0n) is 25.7. The van der Waals surface area contributed by atoms with Gasteiger partial charge in [0.1, 0.15) is 12.4 Å². The highest BCUT2D eigenvalue weighted by molar-refractivity contribution is 6.01. The molecule has 16 heteroatoms. The molecule has 1 fully saturated rings. The summed E-state index contributed by atoms with van der Waals surface area (Å²) in [6, 6.07) is 8.87. The minimum atomic E-state index is -4.60. The van der Waals surface area contributed by atoms with Gasteiger partial charge in [-0.2, -0.15) is 23.3 Å². The molecule has 0 bridgehead atoms. The standard InChI is InChI=1S/C19H21N7.C11H13F3N4O2/c1-11-9-22-19(23-16-8-12(2)26(4)25-16)24-17(11)14-10-21-18-13(14)6-5-7-15(18)20-3;12-11(13,14)8-5-9(17-10(15)16-8)20-7-1-2-18(6-7)3-4-19/h5-10,20-21H,1-4H3,(H,22,23,24,25);4-5,7H,1-3,6H2,(H2,15,16,17). The normalized spacial score (nSPS) is 15.0. The maximum Gasteiger partial charge on any atom is 0.433 e. The Labute approximate surface area is 262 Å². The van der Waals surface area contributed by atoms with Gasteiger partial charge in [0.25, 0.3) is 0 Å². The number of ether oxygens (including phenoxy) is 1. The molecule has 6 rings (SSSR count). The molecule has 0 spiro atoms. The lowest BCUT2D eigenvalue weighted by molar-refractivity contribution is -0.141. The second-order valence-electron chi connectivity index (χ2n) is 10.7. The van der Waals surface area contributed by atoms with Crippen molar-refractivity contribution < 1.29 is 22.7 Å². The molecule has 1 aromatic carbocycles. The fourth-order valence-electron chi connectivity index (χ4n) is 5.05. The van der Waals surface area contributed by atoms with Crippen molar-refractivity contribution in [1.82, 2.24) is 39.6 Å². The van der Waals surface area contributed by atoms with Crippen molar-refractivity contribution in [2.24, 2.45) is 7.05 Å². The van der Waals surface area contributed by atoms with Crippen molar-refractivity contribution in [2.75, 3.05) is 43.0 Å². The molecule has 5 aromatic rings. The quantitative estimate of drug-likeness (QED) is 0.177. The lowest BCUT2D eigenvalue weighted by atomic mass is 10.1. The van der Waals surface area contributed by atoms with Crippen LogP contribution in [0, 0.1) is 13.8 Å². The Morgan fingerprint density at radius 2 is 2.00 bits per heavy atom. The summed E-state index contributed by atoms with van der Waals surface area (Å²) in [5.41, 5.74) is 10.3. The van der Waals surface area contributed by atoms with Gasteiger partial charge in [-0.3, -0.25) is 9.58 Å². The van der Waals surface area contributed by atoms with Crippen molar-refractivity contribution in [3.63, 3.8) is 0 Å². The molecule has 4 aromatic heterocycles. The molecule has 242 valence electrons. The predicted molar refractivity (Wildman–Crippen MR) is 168 cm³/mol. The Balaban J connectivity index is 0.000000188. The fourth-order valence-corrected chi connectivity index (χ4v) is 5.05. The van der Waals surface area contributed by atoms with Crippen molar-refractivity contribution in [3.05, 3.63) is 59.7 Å². The number of aryl methyl sites for hydroxylation is 3. The van der Waals surface area contributed by atoms with Gasteiger partial charge in [0, 0.05) is 68.4 Å². The number of nitrogens with zero attached hydrogens (tertiary/aromatic N) is 7. The van der Waals surface area contributed by atoms with Crippen LogP contribution >= 0.6 is 0 Å². The fraction of sp³-hybridized carbons (Fsp3) is 0.333. The number of benzene rings is 1. The minimum absolute atomic E-state index is 0.206. The number of aromatic nitrogens is 7. The Hall–Kier alpha value is -5.25. The molecular formula is C30H34F3N11O2. The summed E-state index contributed by atoms with van der Waals surface area (Å²) in [5.74, 6) is 0.569. The third kappa shape index (κ3) is 7.34. The first-order valence-electron chi connectivity index (χ1n) is 14.4. The number of rotatable bonds is 8. The van der Waals surface area contributed by atoms with Gasteiger partial charge in [0.2, 0.25) is 17.8 Å². The number of fused-ring (bicyclic) bond motifs is 1. The number of anilines is 4. The molecule has 0 radical (unpaired) electrons. The van der Waals surface area contributed by atoms with E-state index in [1.807, 2.05) is 68.1 Å². The van der Waals surface area contributed by atoms with Crippen LogP contribution in [0.4, 0.5) is 36.6 Å². The van der Waals surface area contributed by atoms with Gasteiger partial charge < -0.3 is 30.9 Å². The Bertz CT molecular complexity index is 1820. The summed E-state index contributed by atoms with van der Waals surface area (Å²) in [6.07, 6.45) is 0.294. The van der Waals surface area contributed by atoms with E-state index in [1.165, 1.54) is 0 Å². The molecule has 5 N–H and O–H groups in total. The van der Waals surface area contributed by atoms with E-state index >= 15 is 0 Å². The van der Waals surface area contributed by atoms with Crippen LogP contribution in [0.3, 0.4) is 0 Å². The van der Waals surface area contributed by atoms with Crippen LogP contribution in [0.1, 0.15) is 23.4 Å². The first kappa shape index (κ1) is 32.2. The lowest BCUT2D eigenvalue weighted by Crippen LogP contribution is -2.26. The number of likely N-dealkylation sites (tertiary alicyclic amines) is 1. The third-order valence-electron chi connectivity index (χ3n) is 7.42. The summed E-state index contributed by atoms with van der Waals surface area (Å²) >= 11 is 0. The summed E-state index contributed by atoms with van der Waals surface area (Å²) in [7, 11) is 3.83. The Morgan fingerprint density at radius 1 is 1.20 bits per heavy atom. The molecule has 1 aliphatic rings. The number of carbonyl (C=O) groups excluding carboxylic acids is 1. The zero-order valence-corrected chi connectivity index (χ0v) is 25.7. The molecule has 1 unspecified atom stereocenters. The largest absolute Gasteiger partial charge is 0.473 e. The van der Waals surface area contributed by atoms with Crippen molar-refractivity contribution in [3.8, 4) is 17.1 Å². The average molecular weight is 638 g/mol. The van der Waals surface area contributed by atoms with Crippen molar-refractivity contribution >= 4 is 40.6 Å². The zero-order chi connectivity index (χ0) is 33.0. The van der Waals surface area contributed by atoms with E-state index in [-0.39, 0.29) is 18.5 Å². The SMILES string of the molecule is CNc1cccc2c(-c3nc(Nc4cc(C)n(C)n4)ncc3C)c[nH]c12.Nc1nc(OC2CCN(CC=O)C2)cc(C(F)(F)F)n1. The van der Waals surface area contributed by atoms with E-state index < -0.39 is 17.8 Å². The maximum absolute atomic E-state index is 12.6. The number of nitrogens with two attached hydrogens (primary N) is 1. The number of para-hydroxylation sites is 1. The number of nitrogen functional groups attached to an aromatic ring is 1. The molecule has 1 atom stereocenters. The van der Waals surface area contributed by atoms with Crippen molar-refractivity contribution in [1.29, 1.82) is 0 Å². The van der Waals surface area contributed by atoms with Gasteiger partial charge in [0.15, 0.2) is 11.5 Å². The number of hydrogen-bond donors (Lipinski definition) is 4. The van der Waals surface area contributed by atoms with Crippen LogP contribution in [0.2, 0.25) is 0 Å². The summed E-state index contributed by atoms with van der Waals surface area (Å²) in [5, 5.41) is 11.9. The van der Waals surface area contributed by atoms with Crippen LogP contribution in [0.5, 0.6) is 5.88 Å². The van der Waals surface area contributed by atoms with Gasteiger partial charge in [0.05, 0.1) is 23.4 Å². The van der Waals surface area contributed by atoms with E-state index in [0.29, 0.717) is 25.5 Å². The summed E-state index contributed by atoms with van der Waals surface area (Å²) < 4.78 is 44.9. The smallest absolute Gasteiger partial charge is 0.433 e. The Kier molecular flexibility index (Phi) is 9.36. The first-order valence-corrected chi connectivity index (χ1v) is 14.4. The molecular weight excluding hydrogens is 603 g/mol. The molecule has 0 aliphatic carbocycles.